The van der Waals surface area contributed by atoms with Crippen LogP contribution in [0.15, 0.2) is 35.2 Å². The van der Waals surface area contributed by atoms with E-state index >= 15 is 0 Å². The maximum atomic E-state index is 11.9. The molecule has 0 radical (unpaired) electrons. The largest absolute Gasteiger partial charge is 0.368 e. The molecule has 0 aliphatic carbocycles. The van der Waals surface area contributed by atoms with Crippen LogP contribution < -0.4 is 11.1 Å². The number of nitrogens with one attached hydrogen (secondary N) is 1. The molecule has 6 heteroatoms. The average Bonchev–Trinajstić information content (AvgIpc) is 2.96. The Morgan fingerprint density at radius 3 is 2.82 bits per heavy atom. The molecular formula is C16H23N3O2S. The number of benzene rings is 1. The number of nitrogens with two attached hydrogens (primary N) is 1. The smallest absolute Gasteiger partial charge is 0.234 e. The van der Waals surface area contributed by atoms with Crippen LogP contribution in [0.4, 0.5) is 0 Å². The Bertz CT molecular complexity index is 495. The molecule has 0 bridgehead atoms. The van der Waals surface area contributed by atoms with Crippen molar-refractivity contribution in [1.82, 2.24) is 10.2 Å². The summed E-state index contributed by atoms with van der Waals surface area (Å²) in [6.07, 6.45) is 2.61. The summed E-state index contributed by atoms with van der Waals surface area (Å²) in [4.78, 5) is 26.3. The predicted molar refractivity (Wildman–Crippen MR) is 88.6 cm³/mol. The number of amides is 2. The minimum atomic E-state index is -0.329. The molecule has 1 fully saturated rings. The van der Waals surface area contributed by atoms with Crippen molar-refractivity contribution in [2.75, 3.05) is 25.4 Å². The van der Waals surface area contributed by atoms with E-state index in [0.717, 1.165) is 31.6 Å². The maximum Gasteiger partial charge on any atom is 0.234 e. The van der Waals surface area contributed by atoms with Gasteiger partial charge in [-0.2, -0.15) is 0 Å². The Balaban J connectivity index is 1.59. The van der Waals surface area contributed by atoms with Gasteiger partial charge in [0, 0.05) is 11.4 Å². The van der Waals surface area contributed by atoms with Crippen LogP contribution in [-0.2, 0) is 9.59 Å². The average molecular weight is 321 g/mol. The number of rotatable bonds is 8. The highest BCUT2D eigenvalue weighted by Gasteiger charge is 2.29. The summed E-state index contributed by atoms with van der Waals surface area (Å²) < 4.78 is 0. The zero-order valence-corrected chi connectivity index (χ0v) is 13.5. The van der Waals surface area contributed by atoms with Gasteiger partial charge in [0.2, 0.25) is 11.8 Å². The number of likely N-dealkylation sites (tertiary alicyclic amines) is 1. The molecule has 120 valence electrons. The number of hydrogen-bond acceptors (Lipinski definition) is 4. The van der Waals surface area contributed by atoms with Crippen LogP contribution in [0.2, 0.25) is 0 Å². The van der Waals surface area contributed by atoms with Crippen LogP contribution in [0.5, 0.6) is 0 Å². The highest BCUT2D eigenvalue weighted by Crippen LogP contribution is 2.17. The van der Waals surface area contributed by atoms with Crippen molar-refractivity contribution in [3.05, 3.63) is 30.3 Å². The zero-order chi connectivity index (χ0) is 15.8. The lowest BCUT2D eigenvalue weighted by molar-refractivity contribution is -0.125. The summed E-state index contributed by atoms with van der Waals surface area (Å²) in [6, 6.07) is 9.94. The third-order valence-electron chi connectivity index (χ3n) is 3.69. The van der Waals surface area contributed by atoms with Gasteiger partial charge in [-0.25, -0.2) is 0 Å². The number of primary amides is 1. The van der Waals surface area contributed by atoms with Gasteiger partial charge in [0.05, 0.1) is 12.6 Å². The first-order chi connectivity index (χ1) is 10.7. The van der Waals surface area contributed by atoms with Crippen LogP contribution in [0.3, 0.4) is 0 Å². The summed E-state index contributed by atoms with van der Waals surface area (Å²) >= 11 is 1.79. The first kappa shape index (κ1) is 16.8. The van der Waals surface area contributed by atoms with Crippen LogP contribution in [0, 0.1) is 0 Å². The van der Waals surface area contributed by atoms with Gasteiger partial charge in [-0.1, -0.05) is 18.2 Å². The number of nitrogens with zero attached hydrogens (tertiary/aromatic N) is 1. The lowest BCUT2D eigenvalue weighted by Gasteiger charge is -2.20. The molecule has 0 aromatic heterocycles. The van der Waals surface area contributed by atoms with Crippen LogP contribution >= 0.6 is 11.8 Å². The van der Waals surface area contributed by atoms with Gasteiger partial charge >= 0.3 is 0 Å². The molecule has 22 heavy (non-hydrogen) atoms. The summed E-state index contributed by atoms with van der Waals surface area (Å²) in [5.41, 5.74) is 5.34. The molecule has 1 aromatic carbocycles. The van der Waals surface area contributed by atoms with Crippen LogP contribution in [0.25, 0.3) is 0 Å². The lowest BCUT2D eigenvalue weighted by atomic mass is 10.2. The van der Waals surface area contributed by atoms with E-state index in [0.29, 0.717) is 6.54 Å². The number of carbonyl (C=O) groups excluding carboxylic acids is 2. The van der Waals surface area contributed by atoms with Crippen molar-refractivity contribution in [2.45, 2.75) is 30.2 Å². The second kappa shape index (κ2) is 8.80. The van der Waals surface area contributed by atoms with Crippen molar-refractivity contribution in [2.24, 2.45) is 5.73 Å². The highest BCUT2D eigenvalue weighted by molar-refractivity contribution is 7.99. The molecule has 1 saturated heterocycles. The third kappa shape index (κ3) is 5.35. The van der Waals surface area contributed by atoms with Crippen molar-refractivity contribution in [3.8, 4) is 0 Å². The standard InChI is InChI=1S/C16H23N3O2S/c17-16(21)14-8-4-10-19(14)12-15(20)18-9-5-11-22-13-6-2-1-3-7-13/h1-3,6-7,14H,4-5,8-12H2,(H2,17,21)(H,18,20). The fraction of sp³-hybridized carbons (Fsp3) is 0.500. The molecular weight excluding hydrogens is 298 g/mol. The number of hydrogen-bond donors (Lipinski definition) is 2. The normalized spacial score (nSPS) is 18.3. The van der Waals surface area contributed by atoms with Gasteiger partial charge in [0.1, 0.15) is 0 Å². The molecule has 1 aromatic rings. The van der Waals surface area contributed by atoms with Gasteiger partial charge < -0.3 is 11.1 Å². The Kier molecular flexibility index (Phi) is 6.74. The van der Waals surface area contributed by atoms with Crippen LogP contribution in [-0.4, -0.2) is 48.1 Å². The maximum absolute atomic E-state index is 11.9. The van der Waals surface area contributed by atoms with Crippen LogP contribution in [0.1, 0.15) is 19.3 Å². The summed E-state index contributed by atoms with van der Waals surface area (Å²) in [6.45, 7) is 1.69. The van der Waals surface area contributed by atoms with E-state index < -0.39 is 0 Å². The molecule has 0 spiro atoms. The predicted octanol–water partition coefficient (Wildman–Crippen LogP) is 1.23. The zero-order valence-electron chi connectivity index (χ0n) is 12.7. The van der Waals surface area contributed by atoms with E-state index in [2.05, 4.69) is 17.4 Å². The minimum absolute atomic E-state index is 0.0298. The molecule has 2 rings (SSSR count). The Hall–Kier alpha value is -1.53. The van der Waals surface area contributed by atoms with E-state index in [1.54, 1.807) is 11.8 Å². The van der Waals surface area contributed by atoms with Gasteiger partial charge in [0.25, 0.3) is 0 Å². The van der Waals surface area contributed by atoms with Crippen molar-refractivity contribution in [1.29, 1.82) is 0 Å². The Labute approximate surface area is 135 Å². The first-order valence-corrected chi connectivity index (χ1v) is 8.63. The highest BCUT2D eigenvalue weighted by atomic mass is 32.2. The van der Waals surface area contributed by atoms with E-state index in [9.17, 15) is 9.59 Å². The van der Waals surface area contributed by atoms with E-state index in [-0.39, 0.29) is 24.4 Å². The van der Waals surface area contributed by atoms with Crippen molar-refractivity contribution >= 4 is 23.6 Å². The number of thioether (sulfide) groups is 1. The van der Waals surface area contributed by atoms with Gasteiger partial charge in [-0.05, 0) is 43.7 Å². The number of carbonyl (C=O) groups is 2. The molecule has 1 aliphatic rings. The van der Waals surface area contributed by atoms with Gasteiger partial charge in [-0.15, -0.1) is 11.8 Å². The Morgan fingerprint density at radius 2 is 2.09 bits per heavy atom. The minimum Gasteiger partial charge on any atom is -0.368 e. The SMILES string of the molecule is NC(=O)C1CCCN1CC(=O)NCCCSc1ccccc1. The first-order valence-electron chi connectivity index (χ1n) is 7.65. The second-order valence-electron chi connectivity index (χ2n) is 5.40. The topological polar surface area (TPSA) is 75.4 Å². The molecule has 5 nitrogen and oxygen atoms in total. The third-order valence-corrected chi connectivity index (χ3v) is 4.79. The second-order valence-corrected chi connectivity index (χ2v) is 6.56. The molecule has 0 saturated carbocycles. The van der Waals surface area contributed by atoms with Crippen molar-refractivity contribution in [3.63, 3.8) is 0 Å². The summed E-state index contributed by atoms with van der Waals surface area (Å²) in [7, 11) is 0. The molecule has 1 aliphatic heterocycles. The van der Waals surface area contributed by atoms with E-state index in [1.165, 1.54) is 4.90 Å². The van der Waals surface area contributed by atoms with E-state index in [4.69, 9.17) is 5.73 Å². The summed E-state index contributed by atoms with van der Waals surface area (Å²) in [5, 5.41) is 2.91. The quantitative estimate of drug-likeness (QED) is 0.558. The molecule has 1 unspecified atom stereocenters. The molecule has 2 amide bonds. The van der Waals surface area contributed by atoms with E-state index in [1.807, 2.05) is 23.1 Å². The fourth-order valence-electron chi connectivity index (χ4n) is 2.58. The molecule has 1 atom stereocenters. The monoisotopic (exact) mass is 321 g/mol. The fourth-order valence-corrected chi connectivity index (χ4v) is 3.46. The summed E-state index contributed by atoms with van der Waals surface area (Å²) in [5.74, 6) is 0.611. The lowest BCUT2D eigenvalue weighted by Crippen LogP contribution is -2.45. The van der Waals surface area contributed by atoms with Crippen molar-refractivity contribution < 1.29 is 9.59 Å². The molecule has 3 N–H and O–H groups in total. The molecule has 1 heterocycles. The van der Waals surface area contributed by atoms with Gasteiger partial charge in [-0.3, -0.25) is 14.5 Å². The van der Waals surface area contributed by atoms with Gasteiger partial charge in [0.15, 0.2) is 0 Å². The Morgan fingerprint density at radius 1 is 1.32 bits per heavy atom.